The van der Waals surface area contributed by atoms with E-state index in [9.17, 15) is 5.26 Å². The molecule has 188 valence electrons. The summed E-state index contributed by atoms with van der Waals surface area (Å²) in [7, 11) is 0. The second-order valence-corrected chi connectivity index (χ2v) is 10.0. The van der Waals surface area contributed by atoms with Crippen LogP contribution in [0.4, 0.5) is 11.6 Å². The average Bonchev–Trinajstić information content (AvgIpc) is 3.51. The summed E-state index contributed by atoms with van der Waals surface area (Å²) in [5.41, 5.74) is 1.24. The van der Waals surface area contributed by atoms with E-state index in [0.29, 0.717) is 30.8 Å². The van der Waals surface area contributed by atoms with Gasteiger partial charge in [-0.2, -0.15) is 5.26 Å². The maximum Gasteiger partial charge on any atom is 0.126 e. The molecule has 2 saturated heterocycles. The molecule has 35 heavy (non-hydrogen) atoms. The predicted octanol–water partition coefficient (Wildman–Crippen LogP) is 6.07. The van der Waals surface area contributed by atoms with E-state index < -0.39 is 5.41 Å². The molecule has 0 radical (unpaired) electrons. The number of hydrogen-bond donors (Lipinski definition) is 2. The highest BCUT2D eigenvalue weighted by molar-refractivity contribution is 6.33. The second kappa shape index (κ2) is 13.1. The van der Waals surface area contributed by atoms with E-state index in [-0.39, 0.29) is 0 Å². The Balaban J connectivity index is 0.000000514. The van der Waals surface area contributed by atoms with Gasteiger partial charge in [0.1, 0.15) is 11.6 Å². The van der Waals surface area contributed by atoms with Gasteiger partial charge in [0.15, 0.2) is 0 Å². The number of nitrogens with one attached hydrogen (secondary N) is 2. The van der Waals surface area contributed by atoms with Gasteiger partial charge < -0.3 is 20.1 Å². The summed E-state index contributed by atoms with van der Waals surface area (Å²) in [5.74, 6) is 1.58. The lowest BCUT2D eigenvalue weighted by Crippen LogP contribution is -2.34. The summed E-state index contributed by atoms with van der Waals surface area (Å²) < 4.78 is 10.4. The van der Waals surface area contributed by atoms with E-state index in [1.807, 2.05) is 24.3 Å². The molecule has 2 aromatic rings. The van der Waals surface area contributed by atoms with Gasteiger partial charge in [-0.05, 0) is 56.7 Å². The molecule has 1 saturated carbocycles. The van der Waals surface area contributed by atoms with Crippen molar-refractivity contribution in [1.29, 1.82) is 5.26 Å². The van der Waals surface area contributed by atoms with Gasteiger partial charge in [0, 0.05) is 50.8 Å². The number of ether oxygens (including phenoxy) is 2. The zero-order valence-electron chi connectivity index (χ0n) is 20.4. The third kappa shape index (κ3) is 7.54. The number of anilines is 2. The van der Waals surface area contributed by atoms with Gasteiger partial charge in [-0.15, -0.1) is 0 Å². The molecule has 2 aromatic heterocycles. The monoisotopic (exact) mass is 497 g/mol. The Morgan fingerprint density at radius 2 is 1.74 bits per heavy atom. The summed E-state index contributed by atoms with van der Waals surface area (Å²) in [6.45, 7) is 3.82. The highest BCUT2D eigenvalue weighted by Gasteiger charge is 2.32. The predicted molar refractivity (Wildman–Crippen MR) is 140 cm³/mol. The van der Waals surface area contributed by atoms with Crippen LogP contribution in [0, 0.1) is 16.7 Å². The van der Waals surface area contributed by atoms with E-state index in [4.69, 9.17) is 26.1 Å². The van der Waals surface area contributed by atoms with Crippen molar-refractivity contribution in [2.45, 2.75) is 63.8 Å². The van der Waals surface area contributed by atoms with Gasteiger partial charge in [-0.25, -0.2) is 9.97 Å². The Morgan fingerprint density at radius 3 is 2.43 bits per heavy atom. The van der Waals surface area contributed by atoms with Crippen LogP contribution in [0.2, 0.25) is 5.02 Å². The normalized spacial score (nSPS) is 19.8. The van der Waals surface area contributed by atoms with Crippen LogP contribution in [0.3, 0.4) is 0 Å². The van der Waals surface area contributed by atoms with Gasteiger partial charge in [-0.1, -0.05) is 36.9 Å². The van der Waals surface area contributed by atoms with Gasteiger partial charge in [0.25, 0.3) is 0 Å². The fraction of sp³-hybridized carbons (Fsp3) is 0.593. The van der Waals surface area contributed by atoms with E-state index in [2.05, 4.69) is 21.7 Å². The Labute approximate surface area is 213 Å². The Hall–Kier alpha value is -2.40. The Kier molecular flexibility index (Phi) is 9.58. The van der Waals surface area contributed by atoms with E-state index in [1.54, 1.807) is 6.20 Å². The highest BCUT2D eigenvalue weighted by Crippen LogP contribution is 2.32. The smallest absolute Gasteiger partial charge is 0.126 e. The second-order valence-electron chi connectivity index (χ2n) is 9.61. The first-order valence-electron chi connectivity index (χ1n) is 12.9. The van der Waals surface area contributed by atoms with Crippen molar-refractivity contribution < 1.29 is 9.47 Å². The van der Waals surface area contributed by atoms with Crippen molar-refractivity contribution in [3.63, 3.8) is 0 Å². The molecule has 0 amide bonds. The molecular weight excluding hydrogens is 462 g/mol. The van der Waals surface area contributed by atoms with Gasteiger partial charge in [0.05, 0.1) is 22.2 Å². The average molecular weight is 498 g/mol. The van der Waals surface area contributed by atoms with Gasteiger partial charge in [-0.3, -0.25) is 0 Å². The fourth-order valence-corrected chi connectivity index (χ4v) is 4.91. The first-order valence-corrected chi connectivity index (χ1v) is 13.3. The van der Waals surface area contributed by atoms with Crippen molar-refractivity contribution in [3.8, 4) is 17.3 Å². The van der Waals surface area contributed by atoms with Crippen molar-refractivity contribution in [1.82, 2.24) is 9.97 Å². The number of halogens is 1. The van der Waals surface area contributed by atoms with Crippen LogP contribution in [0.15, 0.2) is 30.5 Å². The number of rotatable bonds is 6. The summed E-state index contributed by atoms with van der Waals surface area (Å²) in [6, 6.07) is 10.8. The van der Waals surface area contributed by atoms with E-state index in [1.165, 1.54) is 44.9 Å². The molecule has 2 N–H and O–H groups in total. The lowest BCUT2D eigenvalue weighted by molar-refractivity contribution is 0.0455. The molecule has 0 spiro atoms. The molecule has 4 heterocycles. The number of pyridine rings is 2. The standard InChI is InChI=1S/C23H28ClN5O.C4H8O/c24-19-14-26-22(28-17-5-2-1-3-6-17)13-18(19)20-7-4-8-21(29-20)27-16-23(15-25)9-11-30-12-10-23;1-2-4-5-3-1/h4,7-8,13-14,17H,1-3,5-6,9-12,16H2,(H,26,28)(H,27,29);1-4H2. The Bertz CT molecular complexity index is 972. The minimum absolute atomic E-state index is 0.401. The molecular formula is C27H36ClN5O2. The molecule has 0 aromatic carbocycles. The minimum atomic E-state index is -0.401. The third-order valence-electron chi connectivity index (χ3n) is 6.96. The maximum absolute atomic E-state index is 9.66. The van der Waals surface area contributed by atoms with Crippen LogP contribution in [0.1, 0.15) is 57.8 Å². The minimum Gasteiger partial charge on any atom is -0.381 e. The number of nitriles is 1. The molecule has 7 nitrogen and oxygen atoms in total. The Morgan fingerprint density at radius 1 is 1.00 bits per heavy atom. The van der Waals surface area contributed by atoms with Crippen LogP contribution < -0.4 is 10.6 Å². The number of hydrogen-bond acceptors (Lipinski definition) is 7. The van der Waals surface area contributed by atoms with Gasteiger partial charge in [0.2, 0.25) is 0 Å². The first-order chi connectivity index (χ1) is 17.2. The largest absolute Gasteiger partial charge is 0.381 e. The van der Waals surface area contributed by atoms with Crippen LogP contribution in [-0.2, 0) is 9.47 Å². The van der Waals surface area contributed by atoms with Crippen LogP contribution in [0.5, 0.6) is 0 Å². The van der Waals surface area contributed by atoms with E-state index in [0.717, 1.165) is 48.9 Å². The zero-order valence-corrected chi connectivity index (χ0v) is 21.2. The molecule has 0 bridgehead atoms. The maximum atomic E-state index is 9.66. The summed E-state index contributed by atoms with van der Waals surface area (Å²) in [5, 5.41) is 17.1. The SMILES string of the molecule is C1CCOC1.N#CC1(CNc2cccc(-c3cc(NC4CCCCC4)ncc3Cl)n2)CCOCC1. The molecule has 2 aliphatic heterocycles. The quantitative estimate of drug-likeness (QED) is 0.500. The molecule has 5 rings (SSSR count). The first kappa shape index (κ1) is 25.7. The summed E-state index contributed by atoms with van der Waals surface area (Å²) in [4.78, 5) is 9.21. The zero-order chi connectivity index (χ0) is 24.3. The van der Waals surface area contributed by atoms with Crippen LogP contribution in [-0.4, -0.2) is 49.0 Å². The topological polar surface area (TPSA) is 92.1 Å². The number of aromatic nitrogens is 2. The lowest BCUT2D eigenvalue weighted by atomic mass is 9.82. The van der Waals surface area contributed by atoms with Crippen molar-refractivity contribution in [3.05, 3.63) is 35.5 Å². The molecule has 1 aliphatic carbocycles. The molecule has 3 fully saturated rings. The van der Waals surface area contributed by atoms with Crippen molar-refractivity contribution in [2.75, 3.05) is 43.6 Å². The molecule has 0 atom stereocenters. The van der Waals surface area contributed by atoms with Crippen molar-refractivity contribution >= 4 is 23.2 Å². The molecule has 0 unspecified atom stereocenters. The third-order valence-corrected chi connectivity index (χ3v) is 7.26. The highest BCUT2D eigenvalue weighted by atomic mass is 35.5. The summed E-state index contributed by atoms with van der Waals surface area (Å²) in [6.07, 6.45) is 11.9. The van der Waals surface area contributed by atoms with Gasteiger partial charge >= 0.3 is 0 Å². The van der Waals surface area contributed by atoms with Crippen LogP contribution in [0.25, 0.3) is 11.3 Å². The lowest BCUT2D eigenvalue weighted by Gasteiger charge is -2.30. The van der Waals surface area contributed by atoms with Crippen LogP contribution >= 0.6 is 11.6 Å². The molecule has 3 aliphatic rings. The molecule has 8 heteroatoms. The van der Waals surface area contributed by atoms with E-state index >= 15 is 0 Å². The number of nitrogens with zero attached hydrogens (tertiary/aromatic N) is 3. The summed E-state index contributed by atoms with van der Waals surface area (Å²) >= 11 is 6.46. The van der Waals surface area contributed by atoms with Crippen molar-refractivity contribution in [2.24, 2.45) is 5.41 Å². The fourth-order valence-electron chi connectivity index (χ4n) is 4.71.